The molecule has 0 atom stereocenters. The van der Waals surface area contributed by atoms with Crippen molar-refractivity contribution in [3.05, 3.63) is 53.6 Å². The summed E-state index contributed by atoms with van der Waals surface area (Å²) in [6.45, 7) is 1.57. The summed E-state index contributed by atoms with van der Waals surface area (Å²) in [5, 5.41) is 0. The van der Waals surface area contributed by atoms with Crippen molar-refractivity contribution in [2.45, 2.75) is 17.6 Å². The van der Waals surface area contributed by atoms with Crippen LogP contribution in [0.4, 0.5) is 0 Å². The summed E-state index contributed by atoms with van der Waals surface area (Å²) in [6, 6.07) is 13.5. The Hall–Kier alpha value is -1.94. The number of Topliss-reactive ketones (excluding diaryl/α,β-unsaturated/α-hetero) is 1. The molecule has 4 heteroatoms. The highest BCUT2D eigenvalue weighted by Gasteiger charge is 2.06. The van der Waals surface area contributed by atoms with E-state index in [2.05, 4.69) is 0 Å². The fourth-order valence-electron chi connectivity index (χ4n) is 1.92. The molecule has 2 rings (SSSR count). The molecule has 0 radical (unpaired) electrons. The third-order valence-electron chi connectivity index (χ3n) is 3.15. The predicted molar refractivity (Wildman–Crippen MR) is 85.6 cm³/mol. The van der Waals surface area contributed by atoms with Gasteiger partial charge in [-0.15, -0.1) is 11.8 Å². The molecule has 2 aromatic rings. The highest BCUT2D eigenvalue weighted by Crippen LogP contribution is 2.30. The zero-order chi connectivity index (χ0) is 15.2. The van der Waals surface area contributed by atoms with Crippen LogP contribution in [0.1, 0.15) is 22.8 Å². The quantitative estimate of drug-likeness (QED) is 0.592. The van der Waals surface area contributed by atoms with Crippen LogP contribution in [0.15, 0.2) is 47.4 Å². The minimum atomic E-state index is 0.0865. The van der Waals surface area contributed by atoms with E-state index in [-0.39, 0.29) is 5.78 Å². The van der Waals surface area contributed by atoms with Crippen LogP contribution in [0, 0.1) is 0 Å². The molecular weight excluding hydrogens is 284 g/mol. The van der Waals surface area contributed by atoms with Crippen LogP contribution in [0.2, 0.25) is 0 Å². The van der Waals surface area contributed by atoms with Gasteiger partial charge >= 0.3 is 0 Å². The van der Waals surface area contributed by atoms with Crippen LogP contribution in [-0.2, 0) is 5.75 Å². The first-order valence-corrected chi connectivity index (χ1v) is 7.57. The molecule has 2 aromatic carbocycles. The topological polar surface area (TPSA) is 35.5 Å². The van der Waals surface area contributed by atoms with Gasteiger partial charge in [0.2, 0.25) is 0 Å². The van der Waals surface area contributed by atoms with Gasteiger partial charge in [-0.25, -0.2) is 0 Å². The van der Waals surface area contributed by atoms with Crippen LogP contribution in [0.5, 0.6) is 11.5 Å². The van der Waals surface area contributed by atoms with Crippen molar-refractivity contribution in [2.24, 2.45) is 0 Å². The van der Waals surface area contributed by atoms with Gasteiger partial charge < -0.3 is 9.47 Å². The lowest BCUT2D eigenvalue weighted by molar-refractivity contribution is 0.101. The largest absolute Gasteiger partial charge is 0.497 e. The van der Waals surface area contributed by atoms with Crippen molar-refractivity contribution in [3.8, 4) is 11.5 Å². The molecule has 3 nitrogen and oxygen atoms in total. The maximum Gasteiger partial charge on any atom is 0.159 e. The summed E-state index contributed by atoms with van der Waals surface area (Å²) < 4.78 is 10.6. The molecule has 0 N–H and O–H groups in total. The number of hydrogen-bond acceptors (Lipinski definition) is 4. The molecule has 0 fully saturated rings. The number of ether oxygens (including phenoxy) is 2. The van der Waals surface area contributed by atoms with E-state index < -0.39 is 0 Å². The van der Waals surface area contributed by atoms with Gasteiger partial charge in [0.1, 0.15) is 11.5 Å². The van der Waals surface area contributed by atoms with E-state index in [1.54, 1.807) is 32.9 Å². The van der Waals surface area contributed by atoms with Gasteiger partial charge in [0.05, 0.1) is 14.2 Å². The number of hydrogen-bond donors (Lipinski definition) is 0. The van der Waals surface area contributed by atoms with E-state index in [1.807, 2.05) is 42.5 Å². The molecule has 0 aliphatic carbocycles. The normalized spacial score (nSPS) is 10.2. The van der Waals surface area contributed by atoms with Crippen molar-refractivity contribution >= 4 is 17.5 Å². The van der Waals surface area contributed by atoms with E-state index in [9.17, 15) is 4.79 Å². The Bertz CT molecular complexity index is 620. The van der Waals surface area contributed by atoms with E-state index >= 15 is 0 Å². The molecule has 0 heterocycles. The Balaban J connectivity index is 2.07. The summed E-state index contributed by atoms with van der Waals surface area (Å²) in [5.41, 5.74) is 1.85. The number of ketones is 1. The molecule has 0 saturated heterocycles. The minimum absolute atomic E-state index is 0.0865. The molecule has 21 heavy (non-hydrogen) atoms. The van der Waals surface area contributed by atoms with Gasteiger partial charge in [-0.1, -0.05) is 18.2 Å². The molecular formula is C17H18O3S. The first-order chi connectivity index (χ1) is 10.1. The first-order valence-electron chi connectivity index (χ1n) is 6.58. The number of thioether (sulfide) groups is 1. The minimum Gasteiger partial charge on any atom is -0.497 e. The Morgan fingerprint density at radius 2 is 1.76 bits per heavy atom. The van der Waals surface area contributed by atoms with Crippen molar-refractivity contribution in [3.63, 3.8) is 0 Å². The van der Waals surface area contributed by atoms with Crippen molar-refractivity contribution in [2.75, 3.05) is 14.2 Å². The lowest BCUT2D eigenvalue weighted by atomic mass is 10.2. The van der Waals surface area contributed by atoms with E-state index in [1.165, 1.54) is 0 Å². The Labute approximate surface area is 129 Å². The first kappa shape index (κ1) is 15.4. The fourth-order valence-corrected chi connectivity index (χ4v) is 2.81. The summed E-state index contributed by atoms with van der Waals surface area (Å²) in [5.74, 6) is 2.49. The number of benzene rings is 2. The zero-order valence-corrected chi connectivity index (χ0v) is 13.2. The third kappa shape index (κ3) is 4.02. The number of rotatable bonds is 6. The highest BCUT2D eigenvalue weighted by atomic mass is 32.2. The number of carbonyl (C=O) groups is 1. The average Bonchev–Trinajstić information content (AvgIpc) is 2.53. The van der Waals surface area contributed by atoms with Gasteiger partial charge in [-0.05, 0) is 25.1 Å². The molecule has 0 aliphatic rings. The Kier molecular flexibility index (Phi) is 5.28. The second-order valence-electron chi connectivity index (χ2n) is 4.55. The van der Waals surface area contributed by atoms with Gasteiger partial charge in [-0.3, -0.25) is 4.79 Å². The van der Waals surface area contributed by atoms with Crippen molar-refractivity contribution < 1.29 is 14.3 Å². The molecule has 0 aromatic heterocycles. The van der Waals surface area contributed by atoms with Crippen LogP contribution in [-0.4, -0.2) is 20.0 Å². The summed E-state index contributed by atoms with van der Waals surface area (Å²) in [7, 11) is 3.30. The Morgan fingerprint density at radius 1 is 1.05 bits per heavy atom. The standard InChI is InChI=1S/C17H18O3S/c1-12(18)13-5-8-16(9-6-13)21-11-14-4-7-15(19-2)10-17(14)20-3/h4-10H,11H2,1-3H3. The summed E-state index contributed by atoms with van der Waals surface area (Å²) >= 11 is 1.70. The van der Waals surface area contributed by atoms with E-state index in [0.717, 1.165) is 33.3 Å². The average molecular weight is 302 g/mol. The van der Waals surface area contributed by atoms with Crippen LogP contribution in [0.3, 0.4) is 0 Å². The molecule has 0 aliphatic heterocycles. The maximum absolute atomic E-state index is 11.2. The summed E-state index contributed by atoms with van der Waals surface area (Å²) in [6.07, 6.45) is 0. The number of carbonyl (C=O) groups excluding carboxylic acids is 1. The van der Waals surface area contributed by atoms with Crippen molar-refractivity contribution in [1.29, 1.82) is 0 Å². The molecule has 0 bridgehead atoms. The van der Waals surface area contributed by atoms with E-state index in [0.29, 0.717) is 0 Å². The van der Waals surface area contributed by atoms with Crippen LogP contribution < -0.4 is 9.47 Å². The maximum atomic E-state index is 11.2. The SMILES string of the molecule is COc1ccc(CSc2ccc(C(C)=O)cc2)c(OC)c1. The predicted octanol–water partition coefficient (Wildman–Crippen LogP) is 4.20. The van der Waals surface area contributed by atoms with Gasteiger partial charge in [0.25, 0.3) is 0 Å². The highest BCUT2D eigenvalue weighted by molar-refractivity contribution is 7.98. The number of methoxy groups -OCH3 is 2. The monoisotopic (exact) mass is 302 g/mol. The second kappa shape index (κ2) is 7.18. The zero-order valence-electron chi connectivity index (χ0n) is 12.4. The Morgan fingerprint density at radius 3 is 2.33 bits per heavy atom. The lowest BCUT2D eigenvalue weighted by Crippen LogP contribution is -1.93. The van der Waals surface area contributed by atoms with Crippen LogP contribution >= 0.6 is 11.8 Å². The second-order valence-corrected chi connectivity index (χ2v) is 5.60. The summed E-state index contributed by atoms with van der Waals surface area (Å²) in [4.78, 5) is 12.4. The van der Waals surface area contributed by atoms with Crippen LogP contribution in [0.25, 0.3) is 0 Å². The van der Waals surface area contributed by atoms with E-state index in [4.69, 9.17) is 9.47 Å². The van der Waals surface area contributed by atoms with Crippen molar-refractivity contribution in [1.82, 2.24) is 0 Å². The molecule has 0 saturated carbocycles. The lowest BCUT2D eigenvalue weighted by Gasteiger charge is -2.10. The smallest absolute Gasteiger partial charge is 0.159 e. The fraction of sp³-hybridized carbons (Fsp3) is 0.235. The molecule has 0 spiro atoms. The van der Waals surface area contributed by atoms with Gasteiger partial charge in [0.15, 0.2) is 5.78 Å². The van der Waals surface area contributed by atoms with Gasteiger partial charge in [0, 0.05) is 27.8 Å². The molecule has 0 unspecified atom stereocenters. The molecule has 110 valence electrons. The van der Waals surface area contributed by atoms with Gasteiger partial charge in [-0.2, -0.15) is 0 Å². The molecule has 0 amide bonds. The third-order valence-corrected chi connectivity index (χ3v) is 4.21.